The highest BCUT2D eigenvalue weighted by Gasteiger charge is 2.41. The van der Waals surface area contributed by atoms with Crippen molar-refractivity contribution in [3.63, 3.8) is 0 Å². The fourth-order valence-electron chi connectivity index (χ4n) is 4.15. The number of carbonyl (C=O) groups is 2. The molecule has 0 atom stereocenters. The monoisotopic (exact) mass is 480 g/mol. The molecule has 0 aliphatic carbocycles. The Kier molecular flexibility index (Phi) is 8.76. The van der Waals surface area contributed by atoms with Gasteiger partial charge in [0.15, 0.2) is 0 Å². The van der Waals surface area contributed by atoms with Crippen LogP contribution in [-0.4, -0.2) is 75.1 Å². The van der Waals surface area contributed by atoms with Gasteiger partial charge in [-0.2, -0.15) is 4.91 Å². The van der Waals surface area contributed by atoms with Crippen molar-refractivity contribution in [2.75, 3.05) is 57.6 Å². The van der Waals surface area contributed by atoms with E-state index >= 15 is 0 Å². The molecule has 1 amide bonds. The molecular formula is C23H33FN4O6. The average molecular weight is 481 g/mol. The molecule has 188 valence electrons. The second-order valence-corrected chi connectivity index (χ2v) is 8.85. The van der Waals surface area contributed by atoms with E-state index in [0.29, 0.717) is 13.2 Å². The second-order valence-electron chi connectivity index (χ2n) is 8.85. The van der Waals surface area contributed by atoms with Gasteiger partial charge in [-0.1, -0.05) is 19.0 Å². The van der Waals surface area contributed by atoms with Gasteiger partial charge >= 0.3 is 5.97 Å². The molecule has 0 aromatic carbocycles. The smallest absolute Gasteiger partial charge is 0.331 e. The number of carbonyl (C=O) groups excluding carboxylic acids is 2. The van der Waals surface area contributed by atoms with Crippen molar-refractivity contribution in [2.24, 2.45) is 10.6 Å². The van der Waals surface area contributed by atoms with E-state index in [1.165, 1.54) is 0 Å². The minimum absolute atomic E-state index is 0.0722. The highest BCUT2D eigenvalue weighted by molar-refractivity contribution is 5.97. The number of halogens is 1. The Balaban J connectivity index is 1.83. The van der Waals surface area contributed by atoms with Crippen LogP contribution in [-0.2, 0) is 14.3 Å². The molecule has 11 heteroatoms. The van der Waals surface area contributed by atoms with E-state index < -0.39 is 29.5 Å². The van der Waals surface area contributed by atoms with Crippen LogP contribution in [0.15, 0.2) is 17.3 Å². The summed E-state index contributed by atoms with van der Waals surface area (Å²) in [5, 5.41) is 5.75. The number of nitroso groups, excluding NO2 is 1. The Morgan fingerprint density at radius 2 is 1.97 bits per heavy atom. The molecule has 0 bridgehead atoms. The predicted molar refractivity (Wildman–Crippen MR) is 123 cm³/mol. The molecule has 0 radical (unpaired) electrons. The first kappa shape index (κ1) is 25.8. The number of anilines is 1. The molecule has 0 spiro atoms. The number of hydrogen-bond acceptors (Lipinski definition) is 9. The largest absolute Gasteiger partial charge is 0.475 e. The molecule has 2 fully saturated rings. The summed E-state index contributed by atoms with van der Waals surface area (Å²) in [6, 6.07) is 3.37. The second kappa shape index (κ2) is 11.5. The van der Waals surface area contributed by atoms with Crippen LogP contribution in [0.4, 0.5) is 10.1 Å². The van der Waals surface area contributed by atoms with Crippen molar-refractivity contribution < 1.29 is 28.2 Å². The van der Waals surface area contributed by atoms with Gasteiger partial charge in [0, 0.05) is 13.1 Å². The Labute approximate surface area is 198 Å². The predicted octanol–water partition coefficient (Wildman–Crippen LogP) is 2.64. The number of pyridine rings is 1. The highest BCUT2D eigenvalue weighted by Crippen LogP contribution is 2.34. The lowest BCUT2D eigenvalue weighted by atomic mass is 9.87. The van der Waals surface area contributed by atoms with Crippen LogP contribution in [0, 0.1) is 10.3 Å². The zero-order valence-corrected chi connectivity index (χ0v) is 19.8. The van der Waals surface area contributed by atoms with Gasteiger partial charge < -0.3 is 24.4 Å². The van der Waals surface area contributed by atoms with E-state index in [0.717, 1.165) is 31.6 Å². The van der Waals surface area contributed by atoms with Gasteiger partial charge in [0.2, 0.25) is 5.88 Å². The number of nitrogens with one attached hydrogen (secondary N) is 1. The van der Waals surface area contributed by atoms with Crippen LogP contribution >= 0.6 is 0 Å². The Bertz CT molecular complexity index is 869. The van der Waals surface area contributed by atoms with Gasteiger partial charge in [-0.05, 0) is 37.8 Å². The van der Waals surface area contributed by atoms with Gasteiger partial charge in [-0.15, -0.1) is 0 Å². The maximum atomic E-state index is 13.1. The van der Waals surface area contributed by atoms with Crippen LogP contribution in [0.3, 0.4) is 0 Å². The normalized spacial score (nSPS) is 17.1. The van der Waals surface area contributed by atoms with Gasteiger partial charge in [0.05, 0.1) is 30.9 Å². The topological polar surface area (TPSA) is 119 Å². The van der Waals surface area contributed by atoms with E-state index in [-0.39, 0.29) is 44.2 Å². The maximum absolute atomic E-state index is 13.1. The highest BCUT2D eigenvalue weighted by atomic mass is 19.1. The number of hydrogen-bond donors (Lipinski definition) is 1. The number of ether oxygens (including phenoxy) is 3. The standard InChI is InChI=1S/C23H33FN4O6/c1-3-23(4-2,21(30)33-12-9-24)27-19(29)17-7-8-18(28-10-5-6-11-28)20(26-17)34-16-22(13-25-31)14-32-15-22/h7-8H,3-6,9-16H2,1-2H3,(H,27,29). The van der Waals surface area contributed by atoms with Crippen molar-refractivity contribution in [3.05, 3.63) is 22.7 Å². The van der Waals surface area contributed by atoms with Crippen LogP contribution in [0.2, 0.25) is 0 Å². The third kappa shape index (κ3) is 5.63. The maximum Gasteiger partial charge on any atom is 0.331 e. The first-order valence-corrected chi connectivity index (χ1v) is 11.7. The molecule has 1 aromatic heterocycles. The molecule has 1 aromatic rings. The molecule has 2 aliphatic rings. The first-order chi connectivity index (χ1) is 16.4. The summed E-state index contributed by atoms with van der Waals surface area (Å²) in [4.78, 5) is 43.1. The zero-order valence-electron chi connectivity index (χ0n) is 19.8. The fourth-order valence-corrected chi connectivity index (χ4v) is 4.15. The molecule has 0 saturated carbocycles. The van der Waals surface area contributed by atoms with Crippen LogP contribution in [0.5, 0.6) is 5.88 Å². The Morgan fingerprint density at radius 1 is 1.26 bits per heavy atom. The summed E-state index contributed by atoms with van der Waals surface area (Å²) in [5.41, 5.74) is -0.937. The van der Waals surface area contributed by atoms with Crippen molar-refractivity contribution in [3.8, 4) is 5.88 Å². The SMILES string of the molecule is CCC(CC)(NC(=O)c1ccc(N2CCCC2)c(OCC2(CN=O)COC2)n1)C(=O)OCCF. The van der Waals surface area contributed by atoms with Crippen molar-refractivity contribution in [2.45, 2.75) is 45.1 Å². The minimum Gasteiger partial charge on any atom is -0.475 e. The van der Waals surface area contributed by atoms with Crippen molar-refractivity contribution in [1.82, 2.24) is 10.3 Å². The fraction of sp³-hybridized carbons (Fsp3) is 0.696. The summed E-state index contributed by atoms with van der Waals surface area (Å²) in [6.07, 6.45) is 2.64. The van der Waals surface area contributed by atoms with Crippen molar-refractivity contribution >= 4 is 17.6 Å². The average Bonchev–Trinajstić information content (AvgIpc) is 3.37. The Morgan fingerprint density at radius 3 is 2.53 bits per heavy atom. The number of nitrogens with zero attached hydrogens (tertiary/aromatic N) is 3. The summed E-state index contributed by atoms with van der Waals surface area (Å²) in [5.74, 6) is -0.956. The third-order valence-corrected chi connectivity index (χ3v) is 6.51. The summed E-state index contributed by atoms with van der Waals surface area (Å²) < 4.78 is 28.8. The van der Waals surface area contributed by atoms with E-state index in [2.05, 4.69) is 20.4 Å². The number of aromatic nitrogens is 1. The Hall–Kier alpha value is -2.82. The van der Waals surface area contributed by atoms with E-state index in [9.17, 15) is 18.9 Å². The molecule has 3 heterocycles. The zero-order chi connectivity index (χ0) is 24.6. The van der Waals surface area contributed by atoms with E-state index in [1.54, 1.807) is 26.0 Å². The third-order valence-electron chi connectivity index (χ3n) is 6.51. The van der Waals surface area contributed by atoms with Crippen molar-refractivity contribution in [1.29, 1.82) is 0 Å². The van der Waals surface area contributed by atoms with E-state index in [1.807, 2.05) is 0 Å². The molecule has 2 saturated heterocycles. The molecule has 0 unspecified atom stereocenters. The number of rotatable bonds is 13. The van der Waals surface area contributed by atoms with Crippen LogP contribution in [0.1, 0.15) is 50.0 Å². The number of esters is 1. The number of amides is 1. The van der Waals surface area contributed by atoms with Crippen LogP contribution < -0.4 is 15.0 Å². The summed E-state index contributed by atoms with van der Waals surface area (Å²) >= 11 is 0. The molecule has 34 heavy (non-hydrogen) atoms. The van der Waals surface area contributed by atoms with Gasteiger partial charge in [-0.3, -0.25) is 4.79 Å². The number of alkyl halides is 1. The minimum atomic E-state index is -1.29. The van der Waals surface area contributed by atoms with Crippen LogP contribution in [0.25, 0.3) is 0 Å². The molecule has 3 rings (SSSR count). The lowest BCUT2D eigenvalue weighted by molar-refractivity contribution is -0.152. The molecule has 1 N–H and O–H groups in total. The molecule has 10 nitrogen and oxygen atoms in total. The molecule has 2 aliphatic heterocycles. The molecular weight excluding hydrogens is 447 g/mol. The lowest BCUT2D eigenvalue weighted by Crippen LogP contribution is -2.54. The van der Waals surface area contributed by atoms with E-state index in [4.69, 9.17) is 14.2 Å². The summed E-state index contributed by atoms with van der Waals surface area (Å²) in [7, 11) is 0. The lowest BCUT2D eigenvalue weighted by Gasteiger charge is -2.38. The van der Waals surface area contributed by atoms with Gasteiger partial charge in [0.25, 0.3) is 5.91 Å². The summed E-state index contributed by atoms with van der Waals surface area (Å²) in [6.45, 7) is 5.03. The quantitative estimate of drug-likeness (QED) is 0.338. The van der Waals surface area contributed by atoms with Gasteiger partial charge in [-0.25, -0.2) is 14.2 Å². The van der Waals surface area contributed by atoms with Gasteiger partial charge in [0.1, 0.15) is 31.1 Å². The first-order valence-electron chi connectivity index (χ1n) is 11.7.